The number of carbonyl (C=O) groups excluding carboxylic acids is 2. The lowest BCUT2D eigenvalue weighted by Crippen LogP contribution is -2.38. The van der Waals surface area contributed by atoms with Gasteiger partial charge >= 0.3 is 0 Å². The highest BCUT2D eigenvalue weighted by Gasteiger charge is 2.24. The van der Waals surface area contributed by atoms with Crippen LogP contribution in [-0.2, 0) is 29.0 Å². The molecule has 2 aromatic rings. The predicted octanol–water partition coefficient (Wildman–Crippen LogP) is 1.49. The maximum atomic E-state index is 11.5. The highest BCUT2D eigenvalue weighted by atomic mass is 32.1. The van der Waals surface area contributed by atoms with Crippen LogP contribution in [0.2, 0.25) is 0 Å². The molecule has 1 aliphatic heterocycles. The molecule has 3 rings (SSSR count). The first-order valence-corrected chi connectivity index (χ1v) is 11.1. The Kier molecular flexibility index (Phi) is 7.59. The van der Waals surface area contributed by atoms with E-state index in [-0.39, 0.29) is 23.7 Å². The molecule has 31 heavy (non-hydrogen) atoms. The van der Waals surface area contributed by atoms with Crippen molar-refractivity contribution in [2.24, 2.45) is 28.1 Å². The molecule has 0 bridgehead atoms. The van der Waals surface area contributed by atoms with Crippen LogP contribution >= 0.6 is 11.3 Å². The quantitative estimate of drug-likeness (QED) is 0.358. The number of nitrogens with two attached hydrogens (primary N) is 3. The Hall–Kier alpha value is -2.98. The lowest BCUT2D eigenvalue weighted by atomic mass is 9.96. The standard InChI is InChI=1S/C21H29N7O2S/c1-13(29)25-21-27-17(7-4-14-2-5-16(6-3-14)26-20(23)24)18(31-21)12-28-10-8-15(9-11-28)19(22)30/h2-3,5-6,15H,4,7-12H2,1H3,(H2,22,30)(H4,23,24,26)(H,25,27,29). The number of hydrogen-bond acceptors (Lipinski definition) is 6. The van der Waals surface area contributed by atoms with E-state index in [1.165, 1.54) is 18.3 Å². The molecule has 1 saturated heterocycles. The van der Waals surface area contributed by atoms with E-state index in [4.69, 9.17) is 17.2 Å². The monoisotopic (exact) mass is 443 g/mol. The van der Waals surface area contributed by atoms with E-state index < -0.39 is 0 Å². The van der Waals surface area contributed by atoms with E-state index >= 15 is 0 Å². The Balaban J connectivity index is 1.67. The molecule has 0 saturated carbocycles. The number of benzene rings is 1. The number of piperidine rings is 1. The summed E-state index contributed by atoms with van der Waals surface area (Å²) in [5, 5.41) is 3.42. The Morgan fingerprint density at radius 2 is 1.84 bits per heavy atom. The van der Waals surface area contributed by atoms with Gasteiger partial charge in [-0.2, -0.15) is 0 Å². The Labute approximate surface area is 185 Å². The molecular formula is C21H29N7O2S. The smallest absolute Gasteiger partial charge is 0.223 e. The van der Waals surface area contributed by atoms with E-state index in [9.17, 15) is 9.59 Å². The van der Waals surface area contributed by atoms with Crippen LogP contribution in [0.3, 0.4) is 0 Å². The second-order valence-electron chi connectivity index (χ2n) is 7.73. The fraction of sp³-hybridized carbons (Fsp3) is 0.429. The topological polar surface area (TPSA) is 153 Å². The fourth-order valence-electron chi connectivity index (χ4n) is 3.63. The van der Waals surface area contributed by atoms with Crippen molar-refractivity contribution >= 4 is 39.9 Å². The normalized spacial score (nSPS) is 14.9. The molecule has 1 aromatic heterocycles. The number of rotatable bonds is 8. The average molecular weight is 444 g/mol. The van der Waals surface area contributed by atoms with Crippen molar-refractivity contribution in [1.29, 1.82) is 0 Å². The average Bonchev–Trinajstić information content (AvgIpc) is 3.07. The van der Waals surface area contributed by atoms with Crippen LogP contribution in [0.15, 0.2) is 29.3 Å². The summed E-state index contributed by atoms with van der Waals surface area (Å²) in [6.07, 6.45) is 3.13. The number of hydrogen-bond donors (Lipinski definition) is 4. The van der Waals surface area contributed by atoms with Gasteiger partial charge < -0.3 is 22.5 Å². The third-order valence-corrected chi connectivity index (χ3v) is 6.26. The number of aliphatic imine (C=N–C) groups is 1. The molecule has 0 unspecified atom stereocenters. The molecule has 0 aliphatic carbocycles. The summed E-state index contributed by atoms with van der Waals surface area (Å²) in [7, 11) is 0. The van der Waals surface area contributed by atoms with Gasteiger partial charge in [0.15, 0.2) is 11.1 Å². The predicted molar refractivity (Wildman–Crippen MR) is 123 cm³/mol. The molecule has 9 nitrogen and oxygen atoms in total. The van der Waals surface area contributed by atoms with Gasteiger partial charge in [0, 0.05) is 24.3 Å². The number of carbonyl (C=O) groups is 2. The lowest BCUT2D eigenvalue weighted by molar-refractivity contribution is -0.123. The van der Waals surface area contributed by atoms with Crippen LogP contribution in [-0.4, -0.2) is 40.7 Å². The molecule has 166 valence electrons. The molecule has 0 spiro atoms. The first-order valence-electron chi connectivity index (χ1n) is 10.3. The van der Waals surface area contributed by atoms with Gasteiger partial charge in [0.2, 0.25) is 11.8 Å². The minimum atomic E-state index is -0.211. The number of thiazole rings is 1. The summed E-state index contributed by atoms with van der Waals surface area (Å²) < 4.78 is 0. The van der Waals surface area contributed by atoms with Crippen molar-refractivity contribution in [3.8, 4) is 0 Å². The Bertz CT molecular complexity index is 943. The van der Waals surface area contributed by atoms with E-state index in [1.807, 2.05) is 24.3 Å². The van der Waals surface area contributed by atoms with E-state index in [1.54, 1.807) is 0 Å². The van der Waals surface area contributed by atoms with Gasteiger partial charge in [-0.25, -0.2) is 9.98 Å². The van der Waals surface area contributed by atoms with Gasteiger partial charge in [-0.1, -0.05) is 12.1 Å². The third-order valence-electron chi connectivity index (χ3n) is 5.26. The zero-order valence-electron chi connectivity index (χ0n) is 17.6. The molecular weight excluding hydrogens is 414 g/mol. The van der Waals surface area contributed by atoms with Crippen LogP contribution in [0.4, 0.5) is 10.8 Å². The van der Waals surface area contributed by atoms with Crippen LogP contribution in [0.1, 0.15) is 35.9 Å². The molecule has 7 N–H and O–H groups in total. The summed E-state index contributed by atoms with van der Waals surface area (Å²) >= 11 is 1.51. The number of likely N-dealkylation sites (tertiary alicyclic amines) is 1. The van der Waals surface area contributed by atoms with Crippen molar-refractivity contribution in [3.63, 3.8) is 0 Å². The molecule has 0 radical (unpaired) electrons. The number of nitrogens with zero attached hydrogens (tertiary/aromatic N) is 3. The van der Waals surface area contributed by atoms with Gasteiger partial charge in [-0.3, -0.25) is 14.5 Å². The number of nitrogens with one attached hydrogen (secondary N) is 1. The molecule has 2 heterocycles. The Morgan fingerprint density at radius 1 is 1.16 bits per heavy atom. The molecule has 1 aromatic carbocycles. The van der Waals surface area contributed by atoms with Crippen LogP contribution < -0.4 is 22.5 Å². The Morgan fingerprint density at radius 3 is 2.42 bits per heavy atom. The maximum absolute atomic E-state index is 11.5. The first kappa shape index (κ1) is 22.7. The van der Waals surface area contributed by atoms with Crippen molar-refractivity contribution in [1.82, 2.24) is 9.88 Å². The van der Waals surface area contributed by atoms with Gasteiger partial charge in [-0.15, -0.1) is 11.3 Å². The second kappa shape index (κ2) is 10.4. The zero-order valence-corrected chi connectivity index (χ0v) is 18.5. The lowest BCUT2D eigenvalue weighted by Gasteiger charge is -2.30. The summed E-state index contributed by atoms with van der Waals surface area (Å²) in [5.74, 6) is -0.347. The number of aryl methyl sites for hydroxylation is 2. The molecule has 1 fully saturated rings. The maximum Gasteiger partial charge on any atom is 0.223 e. The second-order valence-corrected chi connectivity index (χ2v) is 8.81. The summed E-state index contributed by atoms with van der Waals surface area (Å²) in [6.45, 7) is 3.88. The van der Waals surface area contributed by atoms with Gasteiger partial charge in [0.25, 0.3) is 0 Å². The van der Waals surface area contributed by atoms with Crippen LogP contribution in [0, 0.1) is 5.92 Å². The molecule has 1 aliphatic rings. The van der Waals surface area contributed by atoms with E-state index in [2.05, 4.69) is 20.2 Å². The number of anilines is 1. The number of amides is 2. The molecule has 10 heteroatoms. The minimum Gasteiger partial charge on any atom is -0.370 e. The van der Waals surface area contributed by atoms with Gasteiger partial charge in [0.1, 0.15) is 0 Å². The number of guanidine groups is 1. The van der Waals surface area contributed by atoms with Gasteiger partial charge in [0.05, 0.1) is 11.4 Å². The van der Waals surface area contributed by atoms with E-state index in [0.29, 0.717) is 10.8 Å². The van der Waals surface area contributed by atoms with Gasteiger partial charge in [-0.05, 0) is 56.5 Å². The van der Waals surface area contributed by atoms with Crippen molar-refractivity contribution in [3.05, 3.63) is 40.4 Å². The van der Waals surface area contributed by atoms with Crippen molar-refractivity contribution < 1.29 is 9.59 Å². The van der Waals surface area contributed by atoms with Crippen LogP contribution in [0.25, 0.3) is 0 Å². The first-order chi connectivity index (χ1) is 14.8. The molecule has 0 atom stereocenters. The van der Waals surface area contributed by atoms with Crippen molar-refractivity contribution in [2.75, 3.05) is 18.4 Å². The number of primary amides is 1. The molecule has 2 amide bonds. The SMILES string of the molecule is CC(=O)Nc1nc(CCc2ccc(N=C(N)N)cc2)c(CN2CCC(C(N)=O)CC2)s1. The summed E-state index contributed by atoms with van der Waals surface area (Å²) in [6, 6.07) is 7.75. The highest BCUT2D eigenvalue weighted by molar-refractivity contribution is 7.15. The zero-order chi connectivity index (χ0) is 22.4. The third kappa shape index (κ3) is 6.76. The van der Waals surface area contributed by atoms with Crippen LogP contribution in [0.5, 0.6) is 0 Å². The summed E-state index contributed by atoms with van der Waals surface area (Å²) in [4.78, 5) is 35.0. The minimum absolute atomic E-state index is 0.0326. The summed E-state index contributed by atoms with van der Waals surface area (Å²) in [5.41, 5.74) is 19.1. The number of aromatic nitrogens is 1. The fourth-order valence-corrected chi connectivity index (χ4v) is 4.73. The largest absolute Gasteiger partial charge is 0.370 e. The van der Waals surface area contributed by atoms with E-state index in [0.717, 1.165) is 61.5 Å². The highest BCUT2D eigenvalue weighted by Crippen LogP contribution is 2.28. The van der Waals surface area contributed by atoms with Crippen molar-refractivity contribution in [2.45, 2.75) is 39.2 Å².